The summed E-state index contributed by atoms with van der Waals surface area (Å²) in [5, 5.41) is 0.380. The van der Waals surface area contributed by atoms with E-state index in [2.05, 4.69) is 53.6 Å². The van der Waals surface area contributed by atoms with Gasteiger partial charge in [0, 0.05) is 0 Å². The maximum absolute atomic E-state index is 6.13. The summed E-state index contributed by atoms with van der Waals surface area (Å²) in [6.45, 7) is 8.74. The molecule has 0 bridgehead atoms. The quantitative estimate of drug-likeness (QED) is 0.400. The smallest absolute Gasteiger partial charge is 0.222 e. The molecule has 1 saturated carbocycles. The summed E-state index contributed by atoms with van der Waals surface area (Å²) in [7, 11) is 2.02. The maximum Gasteiger partial charge on any atom is 0.269 e. The molecule has 5 heteroatoms. The number of quaternary nitrogens is 1. The van der Waals surface area contributed by atoms with Gasteiger partial charge >= 0.3 is 0 Å². The third-order valence-corrected chi connectivity index (χ3v) is 5.78. The molecule has 25 heavy (non-hydrogen) atoms. The van der Waals surface area contributed by atoms with Gasteiger partial charge in [0.25, 0.3) is 5.82 Å². The van der Waals surface area contributed by atoms with Gasteiger partial charge in [-0.1, -0.05) is 43.5 Å². The van der Waals surface area contributed by atoms with Crippen molar-refractivity contribution in [1.29, 1.82) is 0 Å². The molecule has 0 radical (unpaired) electrons. The maximum atomic E-state index is 6.13. The molecular weight excluding hydrogens is 332 g/mol. The first kappa shape index (κ1) is 18.0. The lowest BCUT2D eigenvalue weighted by Gasteiger charge is -2.27. The van der Waals surface area contributed by atoms with Gasteiger partial charge in [-0.15, -0.1) is 0 Å². The van der Waals surface area contributed by atoms with Crippen LogP contribution >= 0.6 is 11.6 Å². The number of hydrogen-bond acceptors (Lipinski definition) is 3. The zero-order chi connectivity index (χ0) is 18.0. The Morgan fingerprint density at radius 3 is 2.64 bits per heavy atom. The number of aromatic nitrogens is 2. The van der Waals surface area contributed by atoms with Crippen molar-refractivity contribution in [2.24, 2.45) is 16.8 Å². The molecule has 0 amide bonds. The SMILES string of the molecule is C=C(C=CC(=CC)C1CCC(C)CC1)[N+]1(C)C=Nc2c(Cl)ncnc21. The van der Waals surface area contributed by atoms with Crippen LogP contribution in [-0.4, -0.2) is 23.4 Å². The number of allylic oxidation sites excluding steroid dienone is 4. The lowest BCUT2D eigenvalue weighted by molar-refractivity contribution is 0.323. The molecule has 2 heterocycles. The molecule has 1 unspecified atom stereocenters. The van der Waals surface area contributed by atoms with Crippen molar-refractivity contribution in [3.05, 3.63) is 47.6 Å². The van der Waals surface area contributed by atoms with Gasteiger partial charge < -0.3 is 0 Å². The molecule has 1 aromatic heterocycles. The number of aliphatic imine (C=N–C) groups is 1. The first-order chi connectivity index (χ1) is 12.0. The predicted octanol–water partition coefficient (Wildman–Crippen LogP) is 5.58. The molecule has 4 nitrogen and oxygen atoms in total. The second-order valence-corrected chi connectivity index (χ2v) is 7.58. The summed E-state index contributed by atoms with van der Waals surface area (Å²) < 4.78 is 0.326. The first-order valence-electron chi connectivity index (χ1n) is 8.92. The van der Waals surface area contributed by atoms with E-state index in [-0.39, 0.29) is 0 Å². The zero-order valence-electron chi connectivity index (χ0n) is 15.2. The Bertz CT molecular complexity index is 757. The second kappa shape index (κ2) is 7.22. The van der Waals surface area contributed by atoms with E-state index in [4.69, 9.17) is 11.6 Å². The monoisotopic (exact) mass is 357 g/mol. The van der Waals surface area contributed by atoms with Gasteiger partial charge in [-0.05, 0) is 49.8 Å². The molecule has 1 aliphatic heterocycles. The number of hydrogen-bond donors (Lipinski definition) is 0. The molecule has 3 rings (SSSR count). The lowest BCUT2D eigenvalue weighted by atomic mass is 9.79. The van der Waals surface area contributed by atoms with Gasteiger partial charge in [0.2, 0.25) is 6.34 Å². The number of fused-ring (bicyclic) bond motifs is 1. The molecule has 0 N–H and O–H groups in total. The summed E-state index contributed by atoms with van der Waals surface area (Å²) in [6.07, 6.45) is 15.0. The number of likely N-dealkylation sites (N-methyl/N-ethyl adjacent to an activating group) is 1. The molecular formula is C20H26ClN4+. The average Bonchev–Trinajstić information content (AvgIpc) is 2.96. The Kier molecular flexibility index (Phi) is 5.21. The van der Waals surface area contributed by atoms with Crippen molar-refractivity contribution in [1.82, 2.24) is 14.5 Å². The highest BCUT2D eigenvalue weighted by Crippen LogP contribution is 2.41. The summed E-state index contributed by atoms with van der Waals surface area (Å²) in [5.74, 6) is 2.29. The summed E-state index contributed by atoms with van der Waals surface area (Å²) in [6, 6.07) is 0. The third-order valence-electron chi connectivity index (χ3n) is 5.50. The van der Waals surface area contributed by atoms with Crippen LogP contribution in [0.4, 0.5) is 11.5 Å². The Morgan fingerprint density at radius 1 is 1.24 bits per heavy atom. The molecule has 1 atom stereocenters. The van der Waals surface area contributed by atoms with Crippen molar-refractivity contribution < 1.29 is 0 Å². The van der Waals surface area contributed by atoms with Crippen molar-refractivity contribution in [3.63, 3.8) is 0 Å². The summed E-state index contributed by atoms with van der Waals surface area (Å²) >= 11 is 6.13. The molecule has 1 aliphatic carbocycles. The molecule has 132 valence electrons. The van der Waals surface area contributed by atoms with Crippen molar-refractivity contribution in [2.45, 2.75) is 39.5 Å². The van der Waals surface area contributed by atoms with Gasteiger partial charge in [0.1, 0.15) is 12.0 Å². The fourth-order valence-corrected chi connectivity index (χ4v) is 3.82. The van der Waals surface area contributed by atoms with Gasteiger partial charge in [-0.3, -0.25) is 0 Å². The summed E-state index contributed by atoms with van der Waals surface area (Å²) in [5.41, 5.74) is 2.94. The normalized spacial score (nSPS) is 29.2. The van der Waals surface area contributed by atoms with E-state index in [1.807, 2.05) is 13.4 Å². The largest absolute Gasteiger partial charge is 0.269 e. The highest BCUT2D eigenvalue weighted by atomic mass is 35.5. The number of nitrogens with zero attached hydrogens (tertiary/aromatic N) is 4. The van der Waals surface area contributed by atoms with Crippen LogP contribution in [0.5, 0.6) is 0 Å². The van der Waals surface area contributed by atoms with Gasteiger partial charge in [-0.2, -0.15) is 9.98 Å². The van der Waals surface area contributed by atoms with Crippen molar-refractivity contribution >= 4 is 29.4 Å². The molecule has 0 saturated heterocycles. The van der Waals surface area contributed by atoms with Gasteiger partial charge in [0.05, 0.1) is 7.05 Å². The fraction of sp³-hybridized carbons (Fsp3) is 0.450. The molecule has 2 aliphatic rings. The Balaban J connectivity index is 1.77. The van der Waals surface area contributed by atoms with E-state index in [1.165, 1.54) is 37.6 Å². The van der Waals surface area contributed by atoms with Crippen LogP contribution < -0.4 is 4.48 Å². The third kappa shape index (κ3) is 3.46. The molecule has 1 aromatic rings. The van der Waals surface area contributed by atoms with E-state index in [1.54, 1.807) is 0 Å². The minimum absolute atomic E-state index is 0.326. The fourth-order valence-electron chi connectivity index (χ4n) is 3.65. The molecule has 0 aromatic carbocycles. The topological polar surface area (TPSA) is 38.1 Å². The summed E-state index contributed by atoms with van der Waals surface area (Å²) in [4.78, 5) is 12.8. The van der Waals surface area contributed by atoms with E-state index in [9.17, 15) is 0 Å². The van der Waals surface area contributed by atoms with Crippen LogP contribution in [0.3, 0.4) is 0 Å². The highest BCUT2D eigenvalue weighted by Gasteiger charge is 2.37. The average molecular weight is 358 g/mol. The standard InChI is InChI=1S/C20H26ClN4/c1-5-16(17-9-6-14(2)7-10-17)11-8-15(3)25(4)13-24-18-19(21)22-12-23-20(18)25/h5,8,11-14,17H,3,6-7,9-10H2,1-2,4H3/q+1. The first-order valence-corrected chi connectivity index (χ1v) is 9.29. The van der Waals surface area contributed by atoms with E-state index in [0.717, 1.165) is 17.4 Å². The van der Waals surface area contributed by atoms with E-state index >= 15 is 0 Å². The Hall–Kier alpha value is -1.78. The van der Waals surface area contributed by atoms with Gasteiger partial charge in [0.15, 0.2) is 10.8 Å². The van der Waals surface area contributed by atoms with Gasteiger partial charge in [-0.25, -0.2) is 9.47 Å². The van der Waals surface area contributed by atoms with Crippen molar-refractivity contribution in [2.75, 3.05) is 7.05 Å². The number of halogens is 1. The van der Waals surface area contributed by atoms with Crippen LogP contribution in [0.1, 0.15) is 39.5 Å². The van der Waals surface area contributed by atoms with E-state index < -0.39 is 0 Å². The van der Waals surface area contributed by atoms with Crippen LogP contribution in [0.2, 0.25) is 5.15 Å². The van der Waals surface area contributed by atoms with Crippen LogP contribution in [-0.2, 0) is 0 Å². The molecule has 1 fully saturated rings. The Labute approximate surface area is 155 Å². The van der Waals surface area contributed by atoms with Crippen molar-refractivity contribution in [3.8, 4) is 0 Å². The highest BCUT2D eigenvalue weighted by molar-refractivity contribution is 6.32. The van der Waals surface area contributed by atoms with E-state index in [0.29, 0.717) is 21.2 Å². The Morgan fingerprint density at radius 2 is 1.96 bits per heavy atom. The minimum atomic E-state index is 0.326. The molecule has 0 spiro atoms. The lowest BCUT2D eigenvalue weighted by Crippen LogP contribution is -2.40. The second-order valence-electron chi connectivity index (χ2n) is 7.23. The predicted molar refractivity (Wildman–Crippen MR) is 106 cm³/mol. The van der Waals surface area contributed by atoms with Crippen LogP contribution in [0.25, 0.3) is 0 Å². The van der Waals surface area contributed by atoms with Crippen LogP contribution in [0.15, 0.2) is 47.4 Å². The zero-order valence-corrected chi connectivity index (χ0v) is 16.0. The van der Waals surface area contributed by atoms with Crippen LogP contribution in [0, 0.1) is 11.8 Å². The number of rotatable bonds is 4. The minimum Gasteiger partial charge on any atom is -0.222 e.